The summed E-state index contributed by atoms with van der Waals surface area (Å²) in [5.74, 6) is -1.09. The minimum Gasteiger partial charge on any atom is -0.478 e. The van der Waals surface area contributed by atoms with Crippen molar-refractivity contribution in [3.63, 3.8) is 0 Å². The quantitative estimate of drug-likeness (QED) is 0.852. The summed E-state index contributed by atoms with van der Waals surface area (Å²) in [7, 11) is 0. The van der Waals surface area contributed by atoms with E-state index in [4.69, 9.17) is 16.7 Å². The molecule has 2 N–H and O–H groups in total. The molecule has 0 fully saturated rings. The molecule has 5 nitrogen and oxygen atoms in total. The number of rotatable bonds is 3. The van der Waals surface area contributed by atoms with E-state index >= 15 is 0 Å². The third-order valence-corrected chi connectivity index (χ3v) is 2.39. The number of H-pyrrole nitrogens is 1. The molecule has 0 atom stereocenters. The fourth-order valence-electron chi connectivity index (χ4n) is 1.40. The highest BCUT2D eigenvalue weighted by molar-refractivity contribution is 6.32. The molecule has 16 heavy (non-hydrogen) atoms. The fraction of sp³-hybridized carbons (Fsp3) is 0.100. The first-order valence-corrected chi connectivity index (χ1v) is 4.91. The Kier molecular flexibility index (Phi) is 2.87. The Hall–Kier alpha value is -1.88. The van der Waals surface area contributed by atoms with Crippen molar-refractivity contribution < 1.29 is 9.90 Å². The standard InChI is InChI=1S/C10H8ClN3O2/c11-9-8(10(15)16)7(13-14-9)4-6-2-1-3-12-5-6/h1-3,5H,4H2,(H,13,14)(H,15,16). The SMILES string of the molecule is O=C(O)c1c(Cl)n[nH]c1Cc1cccnc1. The summed E-state index contributed by atoms with van der Waals surface area (Å²) in [6, 6.07) is 3.64. The third-order valence-electron chi connectivity index (χ3n) is 2.11. The van der Waals surface area contributed by atoms with Crippen LogP contribution in [0.15, 0.2) is 24.5 Å². The Morgan fingerprint density at radius 2 is 2.38 bits per heavy atom. The van der Waals surface area contributed by atoms with Crippen molar-refractivity contribution in [1.29, 1.82) is 0 Å². The number of hydrogen-bond donors (Lipinski definition) is 2. The predicted molar refractivity (Wildman–Crippen MR) is 57.6 cm³/mol. The molecule has 2 aromatic rings. The largest absolute Gasteiger partial charge is 0.478 e. The highest BCUT2D eigenvalue weighted by Crippen LogP contribution is 2.19. The van der Waals surface area contributed by atoms with Crippen LogP contribution in [0.4, 0.5) is 0 Å². The molecule has 6 heteroatoms. The summed E-state index contributed by atoms with van der Waals surface area (Å²) in [4.78, 5) is 14.9. The van der Waals surface area contributed by atoms with Gasteiger partial charge in [0.15, 0.2) is 5.15 Å². The lowest BCUT2D eigenvalue weighted by Crippen LogP contribution is -2.01. The van der Waals surface area contributed by atoms with Gasteiger partial charge in [-0.05, 0) is 11.6 Å². The molecule has 0 aromatic carbocycles. The number of pyridine rings is 1. The van der Waals surface area contributed by atoms with Gasteiger partial charge in [0, 0.05) is 18.8 Å². The van der Waals surface area contributed by atoms with Crippen molar-refractivity contribution in [2.75, 3.05) is 0 Å². The number of carbonyl (C=O) groups is 1. The number of carboxylic acid groups (broad SMARTS) is 1. The van der Waals surface area contributed by atoms with Crippen LogP contribution in [-0.2, 0) is 6.42 Å². The zero-order chi connectivity index (χ0) is 11.5. The summed E-state index contributed by atoms with van der Waals surface area (Å²) in [6.45, 7) is 0. The second-order valence-corrected chi connectivity index (χ2v) is 3.57. The first kappa shape index (κ1) is 10.6. The van der Waals surface area contributed by atoms with Crippen LogP contribution in [0.3, 0.4) is 0 Å². The van der Waals surface area contributed by atoms with Crippen LogP contribution in [0.25, 0.3) is 0 Å². The molecule has 0 saturated carbocycles. The molecular formula is C10H8ClN3O2. The number of aromatic carboxylic acids is 1. The number of aromatic nitrogens is 3. The van der Waals surface area contributed by atoms with E-state index in [1.807, 2.05) is 6.07 Å². The zero-order valence-electron chi connectivity index (χ0n) is 8.14. The number of hydrogen-bond acceptors (Lipinski definition) is 3. The lowest BCUT2D eigenvalue weighted by Gasteiger charge is -1.99. The van der Waals surface area contributed by atoms with Crippen molar-refractivity contribution in [2.24, 2.45) is 0 Å². The van der Waals surface area contributed by atoms with E-state index in [1.165, 1.54) is 0 Å². The summed E-state index contributed by atoms with van der Waals surface area (Å²) in [5.41, 5.74) is 1.39. The van der Waals surface area contributed by atoms with E-state index in [2.05, 4.69) is 15.2 Å². The second kappa shape index (κ2) is 4.32. The summed E-state index contributed by atoms with van der Waals surface area (Å²) in [6.07, 6.45) is 3.73. The van der Waals surface area contributed by atoms with E-state index in [0.717, 1.165) is 5.56 Å². The molecule has 0 unspecified atom stereocenters. The van der Waals surface area contributed by atoms with Gasteiger partial charge >= 0.3 is 5.97 Å². The van der Waals surface area contributed by atoms with Crippen LogP contribution >= 0.6 is 11.6 Å². The van der Waals surface area contributed by atoms with Gasteiger partial charge in [-0.3, -0.25) is 10.1 Å². The van der Waals surface area contributed by atoms with Gasteiger partial charge < -0.3 is 5.11 Å². The summed E-state index contributed by atoms with van der Waals surface area (Å²) < 4.78 is 0. The molecule has 0 aliphatic heterocycles. The lowest BCUT2D eigenvalue weighted by molar-refractivity contribution is 0.0696. The number of halogens is 1. The fourth-order valence-corrected chi connectivity index (χ4v) is 1.64. The van der Waals surface area contributed by atoms with Crippen LogP contribution in [0.1, 0.15) is 21.6 Å². The van der Waals surface area contributed by atoms with Crippen molar-refractivity contribution in [1.82, 2.24) is 15.2 Å². The molecule has 2 rings (SSSR count). The maximum Gasteiger partial charge on any atom is 0.340 e. The van der Waals surface area contributed by atoms with Gasteiger partial charge in [0.2, 0.25) is 0 Å². The topological polar surface area (TPSA) is 78.9 Å². The highest BCUT2D eigenvalue weighted by Gasteiger charge is 2.18. The maximum absolute atomic E-state index is 10.9. The van der Waals surface area contributed by atoms with Gasteiger partial charge in [0.1, 0.15) is 5.56 Å². The number of carboxylic acids is 1. The van der Waals surface area contributed by atoms with Gasteiger partial charge in [0.05, 0.1) is 5.69 Å². The van der Waals surface area contributed by atoms with E-state index in [-0.39, 0.29) is 10.7 Å². The van der Waals surface area contributed by atoms with E-state index in [0.29, 0.717) is 12.1 Å². The predicted octanol–water partition coefficient (Wildman–Crippen LogP) is 1.75. The number of aromatic amines is 1. The average molecular weight is 238 g/mol. The zero-order valence-corrected chi connectivity index (χ0v) is 8.90. The third kappa shape index (κ3) is 2.04. The molecule has 2 aromatic heterocycles. The van der Waals surface area contributed by atoms with Crippen molar-refractivity contribution in [3.8, 4) is 0 Å². The first-order valence-electron chi connectivity index (χ1n) is 4.53. The van der Waals surface area contributed by atoms with E-state index < -0.39 is 5.97 Å². The highest BCUT2D eigenvalue weighted by atomic mass is 35.5. The van der Waals surface area contributed by atoms with Crippen LogP contribution in [0, 0.1) is 0 Å². The molecule has 0 aliphatic carbocycles. The van der Waals surface area contributed by atoms with Gasteiger partial charge in [-0.2, -0.15) is 5.10 Å². The Labute approximate surface area is 96.1 Å². The molecule has 0 spiro atoms. The summed E-state index contributed by atoms with van der Waals surface area (Å²) in [5, 5.41) is 15.2. The van der Waals surface area contributed by atoms with Crippen LogP contribution < -0.4 is 0 Å². The lowest BCUT2D eigenvalue weighted by atomic mass is 10.1. The molecule has 0 bridgehead atoms. The number of nitrogens with zero attached hydrogens (tertiary/aromatic N) is 2. The second-order valence-electron chi connectivity index (χ2n) is 3.21. The first-order chi connectivity index (χ1) is 7.68. The molecule has 0 radical (unpaired) electrons. The molecule has 2 heterocycles. The molecule has 0 amide bonds. The van der Waals surface area contributed by atoms with Crippen molar-refractivity contribution >= 4 is 17.6 Å². The minimum atomic E-state index is -1.09. The van der Waals surface area contributed by atoms with Gasteiger partial charge in [-0.25, -0.2) is 4.79 Å². The monoisotopic (exact) mass is 237 g/mol. The van der Waals surface area contributed by atoms with Crippen molar-refractivity contribution in [3.05, 3.63) is 46.5 Å². The molecule has 82 valence electrons. The normalized spacial score (nSPS) is 10.3. The van der Waals surface area contributed by atoms with E-state index in [9.17, 15) is 4.79 Å². The van der Waals surface area contributed by atoms with Crippen LogP contribution in [0.2, 0.25) is 5.15 Å². The minimum absolute atomic E-state index is 0.0190. The smallest absolute Gasteiger partial charge is 0.340 e. The van der Waals surface area contributed by atoms with Gasteiger partial charge in [-0.1, -0.05) is 17.7 Å². The van der Waals surface area contributed by atoms with Crippen LogP contribution in [-0.4, -0.2) is 26.3 Å². The van der Waals surface area contributed by atoms with Gasteiger partial charge in [-0.15, -0.1) is 0 Å². The molecular weight excluding hydrogens is 230 g/mol. The Morgan fingerprint density at radius 3 is 3.00 bits per heavy atom. The van der Waals surface area contributed by atoms with Gasteiger partial charge in [0.25, 0.3) is 0 Å². The van der Waals surface area contributed by atoms with Crippen LogP contribution in [0.5, 0.6) is 0 Å². The molecule has 0 saturated heterocycles. The van der Waals surface area contributed by atoms with E-state index in [1.54, 1.807) is 18.5 Å². The number of nitrogens with one attached hydrogen (secondary N) is 1. The average Bonchev–Trinajstić information content (AvgIpc) is 2.61. The Bertz CT molecular complexity index is 510. The van der Waals surface area contributed by atoms with Crippen molar-refractivity contribution in [2.45, 2.75) is 6.42 Å². The maximum atomic E-state index is 10.9. The summed E-state index contributed by atoms with van der Waals surface area (Å²) >= 11 is 5.67. The Balaban J connectivity index is 2.32. The Morgan fingerprint density at radius 1 is 1.56 bits per heavy atom. The molecule has 0 aliphatic rings.